The van der Waals surface area contributed by atoms with Crippen molar-refractivity contribution < 1.29 is 19.1 Å². The van der Waals surface area contributed by atoms with Crippen molar-refractivity contribution in [1.82, 2.24) is 15.8 Å². The lowest BCUT2D eigenvalue weighted by molar-refractivity contribution is -0.129. The SMILES string of the molecule is O=C(CN1C(=O)C(=Cc2cccs2)SC1=S)NNC(=O)c1ccc(OCc2ccccc2)cc1. The van der Waals surface area contributed by atoms with Gasteiger partial charge in [-0.25, -0.2) is 0 Å². The van der Waals surface area contributed by atoms with Crippen molar-refractivity contribution in [2.75, 3.05) is 6.54 Å². The van der Waals surface area contributed by atoms with E-state index in [2.05, 4.69) is 10.9 Å². The van der Waals surface area contributed by atoms with Gasteiger partial charge < -0.3 is 4.74 Å². The molecule has 172 valence electrons. The van der Waals surface area contributed by atoms with Gasteiger partial charge in [0.15, 0.2) is 0 Å². The fraction of sp³-hybridized carbons (Fsp3) is 0.0833. The van der Waals surface area contributed by atoms with E-state index >= 15 is 0 Å². The monoisotopic (exact) mass is 509 g/mol. The molecule has 0 spiro atoms. The lowest BCUT2D eigenvalue weighted by Crippen LogP contribution is -2.47. The van der Waals surface area contributed by atoms with Crippen LogP contribution in [0.3, 0.4) is 0 Å². The van der Waals surface area contributed by atoms with Gasteiger partial charge in [-0.1, -0.05) is 60.4 Å². The number of thiocarbonyl (C=S) groups is 1. The molecule has 2 heterocycles. The summed E-state index contributed by atoms with van der Waals surface area (Å²) in [5, 5.41) is 1.91. The molecule has 1 fully saturated rings. The Balaban J connectivity index is 1.25. The molecule has 0 radical (unpaired) electrons. The van der Waals surface area contributed by atoms with Crippen LogP contribution in [0.4, 0.5) is 0 Å². The first-order valence-corrected chi connectivity index (χ1v) is 12.2. The molecule has 34 heavy (non-hydrogen) atoms. The van der Waals surface area contributed by atoms with Gasteiger partial charge in [0.2, 0.25) is 0 Å². The highest BCUT2D eigenvalue weighted by Gasteiger charge is 2.33. The molecule has 3 amide bonds. The largest absolute Gasteiger partial charge is 0.489 e. The average Bonchev–Trinajstić information content (AvgIpc) is 3.46. The van der Waals surface area contributed by atoms with Crippen molar-refractivity contribution in [3.05, 3.63) is 93.0 Å². The number of hydrogen-bond acceptors (Lipinski definition) is 7. The van der Waals surface area contributed by atoms with E-state index in [0.29, 0.717) is 27.1 Å². The van der Waals surface area contributed by atoms with Gasteiger partial charge in [-0.05, 0) is 47.4 Å². The fourth-order valence-electron chi connectivity index (χ4n) is 2.96. The van der Waals surface area contributed by atoms with E-state index in [0.717, 1.165) is 22.2 Å². The molecule has 2 aromatic carbocycles. The zero-order valence-electron chi connectivity index (χ0n) is 17.7. The number of thioether (sulfide) groups is 1. The minimum atomic E-state index is -0.565. The smallest absolute Gasteiger partial charge is 0.269 e. The predicted octanol–water partition coefficient (Wildman–Crippen LogP) is 3.99. The van der Waals surface area contributed by atoms with Crippen LogP contribution in [0.1, 0.15) is 20.8 Å². The van der Waals surface area contributed by atoms with Crippen LogP contribution in [0.5, 0.6) is 5.75 Å². The standard InChI is InChI=1S/C24H19N3O4S3/c28-21(14-27-23(30)20(34-24(27)32)13-19-7-4-12-33-19)25-26-22(29)17-8-10-18(11-9-17)31-15-16-5-2-1-3-6-16/h1-13H,14-15H2,(H,25,28)(H,26,29). The Bertz CT molecular complexity index is 1230. The Labute approximate surface area is 209 Å². The van der Waals surface area contributed by atoms with Crippen molar-refractivity contribution in [2.24, 2.45) is 0 Å². The summed E-state index contributed by atoms with van der Waals surface area (Å²) in [6, 6.07) is 20.1. The minimum absolute atomic E-state index is 0.292. The molecule has 3 aromatic rings. The Morgan fingerprint density at radius 3 is 2.47 bits per heavy atom. The highest BCUT2D eigenvalue weighted by molar-refractivity contribution is 8.26. The number of carbonyl (C=O) groups is 3. The number of ether oxygens (including phenoxy) is 1. The molecule has 1 aliphatic heterocycles. The molecule has 0 atom stereocenters. The fourth-order valence-corrected chi connectivity index (χ4v) is 4.94. The third-order valence-electron chi connectivity index (χ3n) is 4.67. The van der Waals surface area contributed by atoms with Crippen LogP contribution in [-0.2, 0) is 16.2 Å². The van der Waals surface area contributed by atoms with Crippen LogP contribution in [0.25, 0.3) is 6.08 Å². The Morgan fingerprint density at radius 1 is 1.00 bits per heavy atom. The van der Waals surface area contributed by atoms with Gasteiger partial charge in [-0.15, -0.1) is 11.3 Å². The topological polar surface area (TPSA) is 87.7 Å². The van der Waals surface area contributed by atoms with E-state index in [1.807, 2.05) is 47.8 Å². The molecule has 1 aliphatic rings. The molecule has 1 aromatic heterocycles. The van der Waals surface area contributed by atoms with Gasteiger partial charge in [0.1, 0.15) is 23.2 Å². The van der Waals surface area contributed by atoms with Gasteiger partial charge in [0, 0.05) is 10.4 Å². The first kappa shape index (κ1) is 23.7. The summed E-state index contributed by atoms with van der Waals surface area (Å²) >= 11 is 7.88. The molecule has 0 unspecified atom stereocenters. The first-order chi connectivity index (χ1) is 16.5. The zero-order chi connectivity index (χ0) is 23.9. The summed E-state index contributed by atoms with van der Waals surface area (Å²) in [4.78, 5) is 39.8. The van der Waals surface area contributed by atoms with Crippen molar-refractivity contribution in [2.45, 2.75) is 6.61 Å². The maximum absolute atomic E-state index is 12.6. The molecule has 2 N–H and O–H groups in total. The zero-order valence-corrected chi connectivity index (χ0v) is 20.2. The lowest BCUT2D eigenvalue weighted by atomic mass is 10.2. The van der Waals surface area contributed by atoms with Gasteiger partial charge in [-0.2, -0.15) is 0 Å². The van der Waals surface area contributed by atoms with E-state index in [1.165, 1.54) is 16.2 Å². The highest BCUT2D eigenvalue weighted by Crippen LogP contribution is 2.33. The van der Waals surface area contributed by atoms with E-state index < -0.39 is 11.8 Å². The van der Waals surface area contributed by atoms with Gasteiger partial charge in [0.25, 0.3) is 17.7 Å². The van der Waals surface area contributed by atoms with E-state index in [9.17, 15) is 14.4 Å². The normalized spacial score (nSPS) is 14.4. The number of nitrogens with zero attached hydrogens (tertiary/aromatic N) is 1. The molecular formula is C24H19N3O4S3. The number of nitrogens with one attached hydrogen (secondary N) is 2. The average molecular weight is 510 g/mol. The van der Waals surface area contributed by atoms with E-state index in [4.69, 9.17) is 17.0 Å². The number of hydrogen-bond donors (Lipinski definition) is 2. The number of benzene rings is 2. The van der Waals surface area contributed by atoms with Crippen LogP contribution in [0.15, 0.2) is 77.0 Å². The van der Waals surface area contributed by atoms with Gasteiger partial charge in [0.05, 0.1) is 4.91 Å². The predicted molar refractivity (Wildman–Crippen MR) is 137 cm³/mol. The molecule has 0 bridgehead atoms. The first-order valence-electron chi connectivity index (χ1n) is 10.1. The van der Waals surface area contributed by atoms with Crippen LogP contribution in [0, 0.1) is 0 Å². The van der Waals surface area contributed by atoms with E-state index in [-0.39, 0.29) is 12.5 Å². The maximum atomic E-state index is 12.6. The second-order valence-electron chi connectivity index (χ2n) is 7.08. The summed E-state index contributed by atoms with van der Waals surface area (Å²) in [5.41, 5.74) is 6.05. The third kappa shape index (κ3) is 6.10. The number of rotatable bonds is 7. The van der Waals surface area contributed by atoms with E-state index in [1.54, 1.807) is 30.3 Å². The minimum Gasteiger partial charge on any atom is -0.489 e. The second kappa shape index (κ2) is 11.1. The Hall–Kier alpha value is -3.47. The Kier molecular flexibility index (Phi) is 7.73. The highest BCUT2D eigenvalue weighted by atomic mass is 32.2. The molecule has 7 nitrogen and oxygen atoms in total. The Morgan fingerprint density at radius 2 is 1.76 bits per heavy atom. The summed E-state index contributed by atoms with van der Waals surface area (Å²) in [5.74, 6) is -0.777. The van der Waals surface area contributed by atoms with Gasteiger partial charge in [-0.3, -0.25) is 30.1 Å². The van der Waals surface area contributed by atoms with Crippen molar-refractivity contribution >= 4 is 63.4 Å². The van der Waals surface area contributed by atoms with Crippen LogP contribution in [0.2, 0.25) is 0 Å². The van der Waals surface area contributed by atoms with Crippen LogP contribution in [-0.4, -0.2) is 33.5 Å². The molecule has 0 aliphatic carbocycles. The molecule has 1 saturated heterocycles. The lowest BCUT2D eigenvalue weighted by Gasteiger charge is -2.14. The van der Waals surface area contributed by atoms with Crippen LogP contribution < -0.4 is 15.6 Å². The quantitative estimate of drug-likeness (QED) is 0.285. The van der Waals surface area contributed by atoms with Gasteiger partial charge >= 0.3 is 0 Å². The molecule has 4 rings (SSSR count). The number of thiophene rings is 1. The molecular weight excluding hydrogens is 490 g/mol. The summed E-state index contributed by atoms with van der Waals surface area (Å²) in [6.45, 7) is 0.126. The summed E-state index contributed by atoms with van der Waals surface area (Å²) in [6.07, 6.45) is 1.75. The third-order valence-corrected chi connectivity index (χ3v) is 6.87. The number of amides is 3. The number of hydrazine groups is 1. The van der Waals surface area contributed by atoms with Crippen molar-refractivity contribution in [1.29, 1.82) is 0 Å². The molecule has 0 saturated carbocycles. The maximum Gasteiger partial charge on any atom is 0.269 e. The number of carbonyl (C=O) groups excluding carboxylic acids is 3. The summed E-state index contributed by atoms with van der Waals surface area (Å²) < 4.78 is 6.00. The second-order valence-corrected chi connectivity index (χ2v) is 9.74. The van der Waals surface area contributed by atoms with Crippen LogP contribution >= 0.6 is 35.3 Å². The molecule has 10 heteroatoms. The summed E-state index contributed by atoms with van der Waals surface area (Å²) in [7, 11) is 0. The van der Waals surface area contributed by atoms with Crippen molar-refractivity contribution in [3.63, 3.8) is 0 Å². The van der Waals surface area contributed by atoms with Crippen molar-refractivity contribution in [3.8, 4) is 5.75 Å².